The number of carbonyl (C=O) groups is 3. The lowest BCUT2D eigenvalue weighted by Gasteiger charge is -2.24. The van der Waals surface area contributed by atoms with E-state index in [-0.39, 0.29) is 73.3 Å². The van der Waals surface area contributed by atoms with Crippen molar-refractivity contribution in [3.8, 4) is 11.5 Å². The Hall–Kier alpha value is -4.91. The third-order valence-electron chi connectivity index (χ3n) is 6.68. The average molecular weight is 569 g/mol. The Balaban J connectivity index is 1.23. The lowest BCUT2D eigenvalue weighted by molar-refractivity contribution is -0.111. The number of benzene rings is 3. The van der Waals surface area contributed by atoms with E-state index in [1.165, 1.54) is 29.2 Å². The predicted molar refractivity (Wildman–Crippen MR) is 142 cm³/mol. The smallest absolute Gasteiger partial charge is 0.414 e. The zero-order valence-corrected chi connectivity index (χ0v) is 21.6. The molecule has 0 radical (unpaired) electrons. The topological polar surface area (TPSA) is 132 Å². The van der Waals surface area contributed by atoms with Crippen molar-refractivity contribution in [1.29, 1.82) is 0 Å². The number of rotatable bonds is 6. The van der Waals surface area contributed by atoms with Crippen LogP contribution in [0, 0.1) is 11.6 Å². The number of nitrogens with one attached hydrogen (secondary N) is 1. The number of cyclic esters (lactones) is 1. The Labute approximate surface area is 233 Å². The third kappa shape index (κ3) is 5.84. The summed E-state index contributed by atoms with van der Waals surface area (Å²) in [6.07, 6.45) is -1.63. The largest absolute Gasteiger partial charge is 0.507 e. The molecule has 3 aromatic carbocycles. The van der Waals surface area contributed by atoms with E-state index in [0.29, 0.717) is 0 Å². The van der Waals surface area contributed by atoms with Crippen LogP contribution in [0.2, 0.25) is 0 Å². The lowest BCUT2D eigenvalue weighted by atomic mass is 10.2. The van der Waals surface area contributed by atoms with Gasteiger partial charge in [0.15, 0.2) is 11.6 Å². The molecule has 3 N–H and O–H groups in total. The quantitative estimate of drug-likeness (QED) is 0.414. The summed E-state index contributed by atoms with van der Waals surface area (Å²) in [4.78, 5) is 45.5. The number of anilines is 2. The molecule has 0 unspecified atom stereocenters. The summed E-state index contributed by atoms with van der Waals surface area (Å²) in [7, 11) is 0. The first-order valence-electron chi connectivity index (χ1n) is 12.7. The molecule has 1 atom stereocenters. The van der Waals surface area contributed by atoms with E-state index in [1.54, 1.807) is 24.3 Å². The first kappa shape index (κ1) is 27.6. The van der Waals surface area contributed by atoms with Crippen LogP contribution in [-0.2, 0) is 9.57 Å². The van der Waals surface area contributed by atoms with Crippen LogP contribution in [-0.4, -0.2) is 78.6 Å². The van der Waals surface area contributed by atoms with E-state index >= 15 is 8.78 Å². The molecule has 3 amide bonds. The summed E-state index contributed by atoms with van der Waals surface area (Å²) >= 11 is 0. The number of nitrogens with zero attached hydrogens (tertiary/aromatic N) is 3. The number of halogens is 2. The van der Waals surface area contributed by atoms with Gasteiger partial charge in [-0.2, -0.15) is 0 Å². The highest BCUT2D eigenvalue weighted by molar-refractivity contribution is 5.97. The Morgan fingerprint density at radius 3 is 2.22 bits per heavy atom. The number of phenols is 2. The van der Waals surface area contributed by atoms with Crippen molar-refractivity contribution in [2.75, 3.05) is 49.1 Å². The van der Waals surface area contributed by atoms with Crippen molar-refractivity contribution >= 4 is 29.3 Å². The Bertz CT molecular complexity index is 1460. The molecule has 2 fully saturated rings. The van der Waals surface area contributed by atoms with Crippen molar-refractivity contribution < 1.29 is 43.0 Å². The van der Waals surface area contributed by atoms with Gasteiger partial charge in [-0.3, -0.25) is 19.3 Å². The van der Waals surface area contributed by atoms with Gasteiger partial charge in [-0.15, -0.1) is 0 Å². The van der Waals surface area contributed by atoms with Crippen LogP contribution in [0.3, 0.4) is 0 Å². The molecule has 2 saturated heterocycles. The molecule has 2 heterocycles. The molecule has 13 heteroatoms. The summed E-state index contributed by atoms with van der Waals surface area (Å²) in [6, 6.07) is 14.0. The molecular weight excluding hydrogens is 542 g/mol. The van der Waals surface area contributed by atoms with Gasteiger partial charge in [0.1, 0.15) is 23.3 Å². The number of aromatic hydroxyl groups is 2. The van der Waals surface area contributed by atoms with Crippen molar-refractivity contribution in [2.45, 2.75) is 6.10 Å². The van der Waals surface area contributed by atoms with Gasteiger partial charge in [-0.05, 0) is 24.3 Å². The van der Waals surface area contributed by atoms with E-state index < -0.39 is 35.6 Å². The number of amides is 3. The van der Waals surface area contributed by atoms with E-state index in [0.717, 1.165) is 22.1 Å². The van der Waals surface area contributed by atoms with Gasteiger partial charge in [-0.1, -0.05) is 24.3 Å². The molecule has 2 aliphatic rings. The highest BCUT2D eigenvalue weighted by atomic mass is 19.1. The Morgan fingerprint density at radius 2 is 1.56 bits per heavy atom. The second-order valence-corrected chi connectivity index (χ2v) is 9.35. The van der Waals surface area contributed by atoms with E-state index in [2.05, 4.69) is 5.32 Å². The van der Waals surface area contributed by atoms with Crippen LogP contribution >= 0.6 is 0 Å². The highest BCUT2D eigenvalue weighted by Crippen LogP contribution is 2.31. The summed E-state index contributed by atoms with van der Waals surface area (Å²) in [6.45, 7) is -0.118. The van der Waals surface area contributed by atoms with Crippen LogP contribution in [0.15, 0.2) is 60.7 Å². The van der Waals surface area contributed by atoms with Crippen molar-refractivity contribution in [3.63, 3.8) is 0 Å². The summed E-state index contributed by atoms with van der Waals surface area (Å²) in [5.41, 5.74) is -0.312. The molecule has 0 aromatic heterocycles. The summed E-state index contributed by atoms with van der Waals surface area (Å²) < 4.78 is 35.8. The minimum atomic E-state index is -0.926. The number of ether oxygens (including phenoxy) is 1. The second kappa shape index (κ2) is 11.7. The fourth-order valence-corrected chi connectivity index (χ4v) is 4.64. The Morgan fingerprint density at radius 1 is 0.927 bits per heavy atom. The minimum Gasteiger partial charge on any atom is -0.507 e. The molecular formula is C28H26F2N4O7. The Kier molecular flexibility index (Phi) is 7.88. The third-order valence-corrected chi connectivity index (χ3v) is 6.68. The number of para-hydroxylation sites is 2. The molecule has 11 nitrogen and oxygen atoms in total. The van der Waals surface area contributed by atoms with Gasteiger partial charge in [0, 0.05) is 25.2 Å². The number of phenolic OH excluding ortho intramolecular Hbond substituents is 2. The first-order valence-corrected chi connectivity index (χ1v) is 12.7. The van der Waals surface area contributed by atoms with Crippen molar-refractivity contribution in [3.05, 3.63) is 83.4 Å². The zero-order chi connectivity index (χ0) is 29.1. The number of hydrogen-bond acceptors (Lipinski definition) is 8. The molecule has 41 heavy (non-hydrogen) atoms. The molecule has 0 saturated carbocycles. The van der Waals surface area contributed by atoms with Crippen LogP contribution in [0.5, 0.6) is 11.5 Å². The number of carbonyl (C=O) groups excluding carboxylic acids is 3. The maximum atomic E-state index is 15.3. The van der Waals surface area contributed by atoms with Crippen LogP contribution in [0.25, 0.3) is 0 Å². The van der Waals surface area contributed by atoms with E-state index in [1.807, 2.05) is 0 Å². The van der Waals surface area contributed by atoms with E-state index in [4.69, 9.17) is 9.57 Å². The van der Waals surface area contributed by atoms with Gasteiger partial charge in [0.25, 0.3) is 11.8 Å². The minimum absolute atomic E-state index is 0.0274. The average Bonchev–Trinajstić information content (AvgIpc) is 3.16. The van der Waals surface area contributed by atoms with E-state index in [9.17, 15) is 24.6 Å². The van der Waals surface area contributed by atoms with Gasteiger partial charge in [-0.25, -0.2) is 18.6 Å². The first-order chi connectivity index (χ1) is 19.7. The zero-order valence-electron chi connectivity index (χ0n) is 21.6. The SMILES string of the molecule is O=C(NC[C@H]1CN(c2cc(F)c(N3CCON(C(=O)c4ccccc4O)CC3)c(F)c2)C(=O)O1)c1ccccc1O. The molecule has 0 bridgehead atoms. The number of hydroxylamine groups is 2. The van der Waals surface area contributed by atoms with Crippen LogP contribution in [0.4, 0.5) is 25.0 Å². The van der Waals surface area contributed by atoms with Gasteiger partial charge in [0.05, 0.1) is 43.1 Å². The van der Waals surface area contributed by atoms with Crippen molar-refractivity contribution in [1.82, 2.24) is 10.4 Å². The van der Waals surface area contributed by atoms with Gasteiger partial charge >= 0.3 is 6.09 Å². The van der Waals surface area contributed by atoms with Gasteiger partial charge in [0.2, 0.25) is 0 Å². The molecule has 0 spiro atoms. The van der Waals surface area contributed by atoms with Crippen molar-refractivity contribution in [2.24, 2.45) is 0 Å². The molecule has 5 rings (SSSR count). The lowest BCUT2D eigenvalue weighted by Crippen LogP contribution is -2.35. The molecule has 2 aliphatic heterocycles. The molecule has 0 aliphatic carbocycles. The molecule has 3 aromatic rings. The second-order valence-electron chi connectivity index (χ2n) is 9.35. The van der Waals surface area contributed by atoms with Crippen LogP contribution < -0.4 is 15.1 Å². The fraction of sp³-hybridized carbons (Fsp3) is 0.250. The standard InChI is InChI=1S/C28H26F2N4O7/c29-21-13-17(33-16-18(41-28(33)39)15-31-26(37)19-5-1-3-7-23(19)35)14-22(30)25(21)32-9-10-34(40-12-11-32)27(38)20-6-2-4-8-24(20)36/h1-8,13-14,18,35-36H,9-12,15-16H2,(H,31,37)/t18-/m0/s1. The highest BCUT2D eigenvalue weighted by Gasteiger charge is 2.34. The summed E-state index contributed by atoms with van der Waals surface area (Å²) in [5.74, 6) is -3.42. The maximum absolute atomic E-state index is 15.3. The summed E-state index contributed by atoms with van der Waals surface area (Å²) in [5, 5.41) is 23.4. The van der Waals surface area contributed by atoms with Gasteiger partial charge < -0.3 is 25.2 Å². The predicted octanol–water partition coefficient (Wildman–Crippen LogP) is 3.03. The monoisotopic (exact) mass is 568 g/mol. The fourth-order valence-electron chi connectivity index (χ4n) is 4.64. The normalized spacial score (nSPS) is 17.3. The molecule has 214 valence electrons. The van der Waals surface area contributed by atoms with Crippen LogP contribution in [0.1, 0.15) is 20.7 Å². The maximum Gasteiger partial charge on any atom is 0.414 e. The number of hydrogen-bond donors (Lipinski definition) is 3.